The molecule has 1 fully saturated rings. The minimum atomic E-state index is -4.01. The van der Waals surface area contributed by atoms with Gasteiger partial charge in [0.15, 0.2) is 0 Å². The topological polar surface area (TPSA) is 74.8 Å². The van der Waals surface area contributed by atoms with Crippen LogP contribution < -0.4 is 0 Å². The number of nitrogens with zero attached hydrogens (tertiary/aromatic N) is 2. The highest BCUT2D eigenvalue weighted by molar-refractivity contribution is 7.89. The summed E-state index contributed by atoms with van der Waals surface area (Å²) in [5, 5.41) is -0.236. The lowest BCUT2D eigenvalue weighted by Crippen LogP contribution is -2.37. The molecule has 0 amide bonds. The van der Waals surface area contributed by atoms with Crippen molar-refractivity contribution in [1.29, 1.82) is 0 Å². The summed E-state index contributed by atoms with van der Waals surface area (Å²) in [6.45, 7) is 0.0442. The summed E-state index contributed by atoms with van der Waals surface area (Å²) in [4.78, 5) is -0.294. The van der Waals surface area contributed by atoms with Crippen LogP contribution in [0.2, 0.25) is 5.02 Å². The number of hydrogen-bond acceptors (Lipinski definition) is 4. The largest absolute Gasteiger partial charge is 0.244 e. The van der Waals surface area contributed by atoms with Gasteiger partial charge < -0.3 is 0 Å². The van der Waals surface area contributed by atoms with Gasteiger partial charge in [0.1, 0.15) is 16.5 Å². The van der Waals surface area contributed by atoms with Crippen molar-refractivity contribution in [1.82, 2.24) is 8.61 Å². The van der Waals surface area contributed by atoms with E-state index in [1.807, 2.05) is 0 Å². The van der Waals surface area contributed by atoms with Crippen LogP contribution in [-0.2, 0) is 20.0 Å². The molecule has 0 N–H and O–H groups in total. The van der Waals surface area contributed by atoms with Crippen molar-refractivity contribution in [3.05, 3.63) is 59.1 Å². The highest BCUT2D eigenvalue weighted by atomic mass is 35.5. The first kappa shape index (κ1) is 21.1. The number of sulfonamides is 2. The normalized spacial score (nSPS) is 17.4. The van der Waals surface area contributed by atoms with Gasteiger partial charge in [-0.05, 0) is 48.9 Å². The quantitative estimate of drug-likeness (QED) is 0.717. The molecule has 0 saturated carbocycles. The van der Waals surface area contributed by atoms with E-state index in [4.69, 9.17) is 11.6 Å². The molecule has 28 heavy (non-hydrogen) atoms. The maximum absolute atomic E-state index is 13.2. The molecule has 0 unspecified atom stereocenters. The molecule has 0 atom stereocenters. The summed E-state index contributed by atoms with van der Waals surface area (Å²) >= 11 is 5.89. The summed E-state index contributed by atoms with van der Waals surface area (Å²) < 4.78 is 79.8. The fraction of sp³-hybridized carbons (Fsp3) is 0.294. The van der Waals surface area contributed by atoms with Gasteiger partial charge in [0, 0.05) is 26.2 Å². The van der Waals surface area contributed by atoms with Gasteiger partial charge in [0.2, 0.25) is 20.0 Å². The molecule has 2 aromatic rings. The van der Waals surface area contributed by atoms with Crippen LogP contribution in [0.3, 0.4) is 0 Å². The van der Waals surface area contributed by atoms with E-state index >= 15 is 0 Å². The smallest absolute Gasteiger partial charge is 0.207 e. The predicted octanol–water partition coefficient (Wildman–Crippen LogP) is 2.70. The van der Waals surface area contributed by atoms with E-state index < -0.39 is 31.7 Å². The van der Waals surface area contributed by atoms with Crippen LogP contribution in [0.5, 0.6) is 0 Å². The molecule has 0 aromatic heterocycles. The van der Waals surface area contributed by atoms with Gasteiger partial charge in [-0.2, -0.15) is 8.61 Å². The van der Waals surface area contributed by atoms with Crippen LogP contribution in [-0.4, -0.2) is 51.6 Å². The molecule has 1 aliphatic rings. The molecule has 2 aromatic carbocycles. The maximum Gasteiger partial charge on any atom is 0.244 e. The molecule has 0 radical (unpaired) electrons. The second-order valence-electron chi connectivity index (χ2n) is 6.19. The molecular weight excluding hydrogens is 434 g/mol. The van der Waals surface area contributed by atoms with Crippen LogP contribution in [0, 0.1) is 11.6 Å². The molecule has 11 heteroatoms. The fourth-order valence-corrected chi connectivity index (χ4v) is 6.37. The third kappa shape index (κ3) is 4.20. The number of hydrogen-bond donors (Lipinski definition) is 0. The van der Waals surface area contributed by atoms with Crippen LogP contribution in [0.15, 0.2) is 52.3 Å². The Kier molecular flexibility index (Phi) is 6.06. The maximum atomic E-state index is 13.2. The van der Waals surface area contributed by atoms with E-state index in [1.54, 1.807) is 0 Å². The minimum absolute atomic E-state index is 0.0632. The van der Waals surface area contributed by atoms with E-state index in [9.17, 15) is 25.6 Å². The van der Waals surface area contributed by atoms with Crippen molar-refractivity contribution in [2.75, 3.05) is 26.2 Å². The van der Waals surface area contributed by atoms with Crippen LogP contribution in [0.25, 0.3) is 0 Å². The molecule has 1 saturated heterocycles. The average molecular weight is 451 g/mol. The molecule has 3 rings (SSSR count). The van der Waals surface area contributed by atoms with Gasteiger partial charge in [-0.15, -0.1) is 0 Å². The second kappa shape index (κ2) is 8.03. The molecular formula is C17H17ClF2N2O4S2. The monoisotopic (exact) mass is 450 g/mol. The Balaban J connectivity index is 1.82. The Morgan fingerprint density at radius 1 is 0.750 bits per heavy atom. The number of halogens is 3. The van der Waals surface area contributed by atoms with Crippen molar-refractivity contribution >= 4 is 31.6 Å². The van der Waals surface area contributed by atoms with Gasteiger partial charge in [-0.25, -0.2) is 25.6 Å². The summed E-state index contributed by atoms with van der Waals surface area (Å²) in [6, 6.07) is 7.45. The molecule has 1 heterocycles. The third-order valence-electron chi connectivity index (χ3n) is 4.38. The SMILES string of the molecule is O=S(=O)(c1ccc(F)cc1)N1CCCN(S(=O)(=O)c2ccc(F)cc2Cl)CC1. The minimum Gasteiger partial charge on any atom is -0.207 e. The molecule has 0 spiro atoms. The highest BCUT2D eigenvalue weighted by Gasteiger charge is 2.32. The van der Waals surface area contributed by atoms with Crippen molar-refractivity contribution < 1.29 is 25.6 Å². The molecule has 0 bridgehead atoms. The Hall–Kier alpha value is -1.59. The van der Waals surface area contributed by atoms with Crippen LogP contribution in [0.1, 0.15) is 6.42 Å². The average Bonchev–Trinajstić information content (AvgIpc) is 2.89. The Bertz CT molecular complexity index is 1080. The van der Waals surface area contributed by atoms with E-state index in [0.717, 1.165) is 34.6 Å². The van der Waals surface area contributed by atoms with Gasteiger partial charge in [-0.3, -0.25) is 0 Å². The first-order chi connectivity index (χ1) is 13.1. The van der Waals surface area contributed by atoms with Crippen LogP contribution in [0.4, 0.5) is 8.78 Å². The first-order valence-corrected chi connectivity index (χ1v) is 11.6. The highest BCUT2D eigenvalue weighted by Crippen LogP contribution is 2.27. The third-order valence-corrected chi connectivity index (χ3v) is 8.67. The van der Waals surface area contributed by atoms with E-state index in [-0.39, 0.29) is 47.4 Å². The van der Waals surface area contributed by atoms with E-state index in [2.05, 4.69) is 0 Å². The Morgan fingerprint density at radius 2 is 1.29 bits per heavy atom. The summed E-state index contributed by atoms with van der Waals surface area (Å²) in [6.07, 6.45) is 0.262. The second-order valence-corrected chi connectivity index (χ2v) is 10.4. The van der Waals surface area contributed by atoms with Gasteiger partial charge >= 0.3 is 0 Å². The molecule has 0 aliphatic carbocycles. The lowest BCUT2D eigenvalue weighted by atomic mass is 10.3. The predicted molar refractivity (Wildman–Crippen MR) is 99.9 cm³/mol. The fourth-order valence-electron chi connectivity index (χ4n) is 2.93. The standard InChI is InChI=1S/C17H17ClF2N2O4S2/c18-16-12-14(20)4-7-17(16)28(25,26)22-9-1-8-21(10-11-22)27(23,24)15-5-2-13(19)3-6-15/h2-7,12H,1,8-11H2. The molecule has 6 nitrogen and oxygen atoms in total. The van der Waals surface area contributed by atoms with Crippen molar-refractivity contribution in [3.8, 4) is 0 Å². The number of rotatable bonds is 4. The zero-order valence-electron chi connectivity index (χ0n) is 14.6. The zero-order chi connectivity index (χ0) is 20.5. The summed E-state index contributed by atoms with van der Waals surface area (Å²) in [5.41, 5.74) is 0. The van der Waals surface area contributed by atoms with Crippen molar-refractivity contribution in [2.45, 2.75) is 16.2 Å². The van der Waals surface area contributed by atoms with E-state index in [0.29, 0.717) is 0 Å². The first-order valence-electron chi connectivity index (χ1n) is 8.33. The van der Waals surface area contributed by atoms with Crippen molar-refractivity contribution in [2.24, 2.45) is 0 Å². The number of benzene rings is 2. The summed E-state index contributed by atoms with van der Waals surface area (Å²) in [7, 11) is -7.89. The zero-order valence-corrected chi connectivity index (χ0v) is 16.9. The van der Waals surface area contributed by atoms with Gasteiger partial charge in [0.25, 0.3) is 0 Å². The van der Waals surface area contributed by atoms with Crippen LogP contribution >= 0.6 is 11.6 Å². The summed E-state index contributed by atoms with van der Waals surface area (Å²) in [5.74, 6) is -1.21. The van der Waals surface area contributed by atoms with Crippen molar-refractivity contribution in [3.63, 3.8) is 0 Å². The Labute approximate surface area is 167 Å². The Morgan fingerprint density at radius 3 is 1.86 bits per heavy atom. The molecule has 152 valence electrons. The lowest BCUT2D eigenvalue weighted by Gasteiger charge is -2.22. The molecule has 1 aliphatic heterocycles. The van der Waals surface area contributed by atoms with Gasteiger partial charge in [0.05, 0.1) is 9.92 Å². The van der Waals surface area contributed by atoms with Gasteiger partial charge in [-0.1, -0.05) is 11.6 Å². The van der Waals surface area contributed by atoms with E-state index in [1.165, 1.54) is 16.4 Å². The lowest BCUT2D eigenvalue weighted by molar-refractivity contribution is 0.404.